The largest absolute Gasteiger partial charge is 0.161 e. The van der Waals surface area contributed by atoms with E-state index in [1.54, 1.807) is 0 Å². The Morgan fingerprint density at radius 2 is 1.44 bits per heavy atom. The summed E-state index contributed by atoms with van der Waals surface area (Å²) in [4.78, 5) is 0. The fourth-order valence-electron chi connectivity index (χ4n) is 2.31. The van der Waals surface area contributed by atoms with Crippen LogP contribution in [-0.4, -0.2) is 38.1 Å². The fraction of sp³-hybridized carbons (Fsp3) is 1.00. The first-order chi connectivity index (χ1) is 8.81. The zero-order valence-corrected chi connectivity index (χ0v) is 14.8. The molecule has 4 heteroatoms. The Balaban J connectivity index is 1.65. The van der Waals surface area contributed by atoms with Crippen LogP contribution >= 0.6 is 47.0 Å². The van der Waals surface area contributed by atoms with E-state index in [-0.39, 0.29) is 0 Å². The van der Waals surface area contributed by atoms with Gasteiger partial charge in [0.1, 0.15) is 0 Å². The summed E-state index contributed by atoms with van der Waals surface area (Å²) in [5.41, 5.74) is 0. The van der Waals surface area contributed by atoms with Gasteiger partial charge in [0.15, 0.2) is 0 Å². The molecule has 2 aliphatic rings. The van der Waals surface area contributed by atoms with Crippen LogP contribution in [-0.2, 0) is 0 Å². The van der Waals surface area contributed by atoms with Gasteiger partial charge in [-0.3, -0.25) is 0 Å². The van der Waals surface area contributed by atoms with Crippen LogP contribution in [0.1, 0.15) is 45.4 Å². The van der Waals surface area contributed by atoms with Crippen molar-refractivity contribution in [1.82, 2.24) is 0 Å². The molecule has 2 saturated heterocycles. The molecule has 0 N–H and O–H groups in total. The monoisotopic (exact) mass is 322 g/mol. The number of hydrogen-bond acceptors (Lipinski definition) is 4. The van der Waals surface area contributed by atoms with E-state index < -0.39 is 0 Å². The van der Waals surface area contributed by atoms with Crippen molar-refractivity contribution in [2.45, 2.75) is 54.8 Å². The van der Waals surface area contributed by atoms with E-state index in [1.165, 1.54) is 67.3 Å². The Morgan fingerprint density at radius 3 is 2.22 bits per heavy atom. The maximum Gasteiger partial charge on any atom is 0.0705 e. The third kappa shape index (κ3) is 5.80. The normalized spacial score (nSPS) is 36.8. The molecule has 0 spiro atoms. The molecule has 2 aliphatic heterocycles. The molecule has 2 heterocycles. The maximum absolute atomic E-state index is 2.47. The van der Waals surface area contributed by atoms with E-state index in [4.69, 9.17) is 0 Å². The average Bonchev–Trinajstić information content (AvgIpc) is 2.99. The lowest BCUT2D eigenvalue weighted by atomic mass is 10.2. The molecule has 2 fully saturated rings. The van der Waals surface area contributed by atoms with Gasteiger partial charge in [0, 0.05) is 16.8 Å². The maximum atomic E-state index is 2.47. The predicted molar refractivity (Wildman–Crippen MR) is 94.6 cm³/mol. The lowest BCUT2D eigenvalue weighted by molar-refractivity contribution is 0.707. The first kappa shape index (κ1) is 15.8. The molecule has 0 amide bonds. The van der Waals surface area contributed by atoms with Crippen LogP contribution < -0.4 is 0 Å². The quantitative estimate of drug-likeness (QED) is 0.549. The Morgan fingerprint density at radius 1 is 0.778 bits per heavy atom. The van der Waals surface area contributed by atoms with Gasteiger partial charge < -0.3 is 0 Å². The molecule has 0 bridgehead atoms. The van der Waals surface area contributed by atoms with Crippen LogP contribution in [0, 0.1) is 0 Å². The van der Waals surface area contributed by atoms with Crippen molar-refractivity contribution in [2.24, 2.45) is 0 Å². The minimum Gasteiger partial charge on any atom is -0.161 e. The average molecular weight is 323 g/mol. The first-order valence-corrected chi connectivity index (χ1v) is 11.5. The van der Waals surface area contributed by atoms with Gasteiger partial charge in [0.2, 0.25) is 0 Å². The SMILES string of the molecule is CC12SCCCCCSCCSCCCCC1S2. The second-order valence-electron chi connectivity index (χ2n) is 5.25. The molecule has 2 atom stereocenters. The van der Waals surface area contributed by atoms with Gasteiger partial charge in [0.05, 0.1) is 4.08 Å². The summed E-state index contributed by atoms with van der Waals surface area (Å²) >= 11 is 8.81. The lowest BCUT2D eigenvalue weighted by Gasteiger charge is -2.09. The zero-order valence-electron chi connectivity index (χ0n) is 11.5. The van der Waals surface area contributed by atoms with Gasteiger partial charge in [-0.1, -0.05) is 12.8 Å². The van der Waals surface area contributed by atoms with Gasteiger partial charge >= 0.3 is 0 Å². The predicted octanol–water partition coefficient (Wildman–Crippen LogP) is 5.37. The minimum atomic E-state index is 0.596. The second-order valence-corrected chi connectivity index (χ2v) is 11.2. The van der Waals surface area contributed by atoms with Gasteiger partial charge in [-0.2, -0.15) is 23.5 Å². The number of hydrogen-bond donors (Lipinski definition) is 0. The molecule has 0 aliphatic carbocycles. The van der Waals surface area contributed by atoms with Crippen molar-refractivity contribution in [1.29, 1.82) is 0 Å². The van der Waals surface area contributed by atoms with Gasteiger partial charge in [-0.05, 0) is 49.9 Å². The third-order valence-electron chi connectivity index (χ3n) is 3.60. The molecule has 2 rings (SSSR count). The molecule has 0 nitrogen and oxygen atoms in total. The molecule has 2 unspecified atom stereocenters. The third-order valence-corrected chi connectivity index (χ3v) is 9.63. The highest BCUT2D eigenvalue weighted by molar-refractivity contribution is 8.25. The van der Waals surface area contributed by atoms with E-state index in [1.807, 2.05) is 0 Å². The van der Waals surface area contributed by atoms with E-state index in [0.29, 0.717) is 4.08 Å². The Labute approximate surface area is 130 Å². The molecule has 0 radical (unpaired) electrons. The number of thioether (sulfide) groups is 4. The highest BCUT2D eigenvalue weighted by Gasteiger charge is 2.50. The number of rotatable bonds is 0. The van der Waals surface area contributed by atoms with Crippen LogP contribution in [0.2, 0.25) is 0 Å². The lowest BCUT2D eigenvalue weighted by Crippen LogP contribution is -2.05. The topological polar surface area (TPSA) is 0 Å². The summed E-state index contributed by atoms with van der Waals surface area (Å²) in [5, 5.41) is 0.968. The summed E-state index contributed by atoms with van der Waals surface area (Å²) in [6.07, 6.45) is 8.66. The van der Waals surface area contributed by atoms with E-state index in [2.05, 4.69) is 54.0 Å². The van der Waals surface area contributed by atoms with E-state index >= 15 is 0 Å². The summed E-state index contributed by atoms with van der Waals surface area (Å²) < 4.78 is 0.596. The highest BCUT2D eigenvalue weighted by Crippen LogP contribution is 2.62. The Bertz CT molecular complexity index is 234. The molecular weight excluding hydrogens is 296 g/mol. The van der Waals surface area contributed by atoms with Crippen LogP contribution in [0.3, 0.4) is 0 Å². The minimum absolute atomic E-state index is 0.596. The summed E-state index contributed by atoms with van der Waals surface area (Å²) in [6.45, 7) is 2.47. The zero-order chi connectivity index (χ0) is 12.7. The van der Waals surface area contributed by atoms with Crippen molar-refractivity contribution in [3.8, 4) is 0 Å². The summed E-state index contributed by atoms with van der Waals surface area (Å²) in [6, 6.07) is 0. The highest BCUT2D eigenvalue weighted by atomic mass is 32.2. The fourth-order valence-corrected chi connectivity index (χ4v) is 7.51. The first-order valence-electron chi connectivity index (χ1n) is 7.28. The van der Waals surface area contributed by atoms with Crippen LogP contribution in [0.25, 0.3) is 0 Å². The van der Waals surface area contributed by atoms with Gasteiger partial charge in [0.25, 0.3) is 0 Å². The molecule has 0 saturated carbocycles. The molecule has 0 aromatic carbocycles. The van der Waals surface area contributed by atoms with E-state index in [0.717, 1.165) is 5.25 Å². The van der Waals surface area contributed by atoms with Crippen molar-refractivity contribution in [3.05, 3.63) is 0 Å². The van der Waals surface area contributed by atoms with Crippen molar-refractivity contribution in [2.75, 3.05) is 28.8 Å². The van der Waals surface area contributed by atoms with Gasteiger partial charge in [-0.25, -0.2) is 0 Å². The molecular formula is C14H26S4. The van der Waals surface area contributed by atoms with Crippen LogP contribution in [0.4, 0.5) is 0 Å². The molecule has 18 heavy (non-hydrogen) atoms. The smallest absolute Gasteiger partial charge is 0.0705 e. The van der Waals surface area contributed by atoms with Crippen LogP contribution in [0.5, 0.6) is 0 Å². The second kappa shape index (κ2) is 8.63. The van der Waals surface area contributed by atoms with E-state index in [9.17, 15) is 0 Å². The van der Waals surface area contributed by atoms with Crippen molar-refractivity contribution >= 4 is 47.0 Å². The summed E-state index contributed by atoms with van der Waals surface area (Å²) in [5.74, 6) is 6.91. The standard InChI is InChI=1S/C14H26S4/c1-14-13(18-14)7-3-6-9-16-12-11-15-8-4-2-5-10-17-14/h13H,2-12H2,1H3. The summed E-state index contributed by atoms with van der Waals surface area (Å²) in [7, 11) is 0. The molecule has 106 valence electrons. The number of fused-ring (bicyclic) bond motifs is 1. The van der Waals surface area contributed by atoms with Crippen molar-refractivity contribution < 1.29 is 0 Å². The Kier molecular flexibility index (Phi) is 7.57. The molecule has 0 aromatic heterocycles. The molecule has 0 aromatic rings. The van der Waals surface area contributed by atoms with Crippen LogP contribution in [0.15, 0.2) is 0 Å². The van der Waals surface area contributed by atoms with Crippen molar-refractivity contribution in [3.63, 3.8) is 0 Å². The van der Waals surface area contributed by atoms with Gasteiger partial charge in [-0.15, -0.1) is 23.5 Å². The Hall–Kier alpha value is 1.40.